The molecule has 0 bridgehead atoms. The van der Waals surface area contributed by atoms with Gasteiger partial charge in [-0.15, -0.1) is 0 Å². The molecule has 6 heteroatoms. The van der Waals surface area contributed by atoms with E-state index in [1.165, 1.54) is 5.56 Å². The van der Waals surface area contributed by atoms with Crippen LogP contribution < -0.4 is 15.0 Å². The Bertz CT molecular complexity index is 1060. The van der Waals surface area contributed by atoms with Crippen molar-refractivity contribution in [3.63, 3.8) is 0 Å². The molecule has 0 aliphatic carbocycles. The lowest BCUT2D eigenvalue weighted by molar-refractivity contribution is -0.126. The summed E-state index contributed by atoms with van der Waals surface area (Å²) in [5.74, 6) is 2.57. The molecule has 1 fully saturated rings. The molecule has 32 heavy (non-hydrogen) atoms. The largest absolute Gasteiger partial charge is 0.497 e. The molecule has 3 aromatic rings. The SMILES string of the molecule is COc1cccc([C@H](C)NC(=O)C2CCN(c3ccnc(-c4ccc(C)cc4)n3)CC2)c1. The number of hydrogen-bond acceptors (Lipinski definition) is 5. The number of nitrogens with zero attached hydrogens (tertiary/aromatic N) is 3. The first-order chi connectivity index (χ1) is 15.5. The minimum absolute atomic E-state index is 0.0118. The molecule has 1 N–H and O–H groups in total. The molecular formula is C26H30N4O2. The van der Waals surface area contributed by atoms with Gasteiger partial charge in [-0.05, 0) is 50.5 Å². The Kier molecular flexibility index (Phi) is 6.69. The summed E-state index contributed by atoms with van der Waals surface area (Å²) in [5, 5.41) is 3.17. The van der Waals surface area contributed by atoms with Gasteiger partial charge in [0.2, 0.25) is 5.91 Å². The number of rotatable bonds is 6. The first-order valence-corrected chi connectivity index (χ1v) is 11.1. The smallest absolute Gasteiger partial charge is 0.223 e. The zero-order chi connectivity index (χ0) is 22.5. The maximum Gasteiger partial charge on any atom is 0.223 e. The second kappa shape index (κ2) is 9.81. The highest BCUT2D eigenvalue weighted by Gasteiger charge is 2.27. The highest BCUT2D eigenvalue weighted by atomic mass is 16.5. The molecule has 2 heterocycles. The van der Waals surface area contributed by atoms with Crippen LogP contribution in [0.25, 0.3) is 11.4 Å². The molecule has 2 aromatic carbocycles. The average Bonchev–Trinajstić information content (AvgIpc) is 2.84. The fourth-order valence-corrected chi connectivity index (χ4v) is 4.06. The highest BCUT2D eigenvalue weighted by molar-refractivity contribution is 5.79. The predicted octanol–water partition coefficient (Wildman–Crippen LogP) is 4.55. The third-order valence-corrected chi connectivity index (χ3v) is 6.09. The second-order valence-corrected chi connectivity index (χ2v) is 8.37. The summed E-state index contributed by atoms with van der Waals surface area (Å²) in [4.78, 5) is 24.3. The van der Waals surface area contributed by atoms with Crippen LogP contribution in [0.1, 0.15) is 36.9 Å². The minimum atomic E-state index is -0.0606. The van der Waals surface area contributed by atoms with Gasteiger partial charge in [0.1, 0.15) is 11.6 Å². The fraction of sp³-hybridized carbons (Fsp3) is 0.346. The van der Waals surface area contributed by atoms with Crippen molar-refractivity contribution in [3.8, 4) is 17.1 Å². The van der Waals surface area contributed by atoms with Crippen LogP contribution in [0.2, 0.25) is 0 Å². The number of carbonyl (C=O) groups excluding carboxylic acids is 1. The van der Waals surface area contributed by atoms with Gasteiger partial charge in [0.25, 0.3) is 0 Å². The van der Waals surface area contributed by atoms with E-state index in [-0.39, 0.29) is 17.9 Å². The molecule has 0 unspecified atom stereocenters. The van der Waals surface area contributed by atoms with E-state index >= 15 is 0 Å². The maximum atomic E-state index is 12.9. The van der Waals surface area contributed by atoms with E-state index < -0.39 is 0 Å². The summed E-state index contributed by atoms with van der Waals surface area (Å²) in [6, 6.07) is 18.0. The van der Waals surface area contributed by atoms with Gasteiger partial charge < -0.3 is 15.0 Å². The summed E-state index contributed by atoms with van der Waals surface area (Å²) < 4.78 is 5.29. The first kappa shape index (κ1) is 21.8. The predicted molar refractivity (Wildman–Crippen MR) is 127 cm³/mol. The number of carbonyl (C=O) groups is 1. The lowest BCUT2D eigenvalue weighted by Gasteiger charge is -2.32. The molecule has 6 nitrogen and oxygen atoms in total. The normalized spacial score (nSPS) is 15.3. The van der Waals surface area contributed by atoms with Crippen molar-refractivity contribution in [1.82, 2.24) is 15.3 Å². The number of piperidine rings is 1. The molecular weight excluding hydrogens is 400 g/mol. The van der Waals surface area contributed by atoms with Crippen molar-refractivity contribution in [1.29, 1.82) is 0 Å². The Morgan fingerprint density at radius 2 is 1.88 bits per heavy atom. The number of aromatic nitrogens is 2. The second-order valence-electron chi connectivity index (χ2n) is 8.37. The monoisotopic (exact) mass is 430 g/mol. The summed E-state index contributed by atoms with van der Waals surface area (Å²) >= 11 is 0. The van der Waals surface area contributed by atoms with Crippen molar-refractivity contribution >= 4 is 11.7 Å². The summed E-state index contributed by atoms with van der Waals surface area (Å²) in [7, 11) is 1.65. The molecule has 1 aliphatic heterocycles. The maximum absolute atomic E-state index is 12.9. The van der Waals surface area contributed by atoms with Gasteiger partial charge in [-0.25, -0.2) is 9.97 Å². The third-order valence-electron chi connectivity index (χ3n) is 6.09. The van der Waals surface area contributed by atoms with E-state index in [9.17, 15) is 4.79 Å². The van der Waals surface area contributed by atoms with Crippen molar-refractivity contribution in [2.24, 2.45) is 5.92 Å². The van der Waals surface area contributed by atoms with Crippen LogP contribution in [-0.4, -0.2) is 36.1 Å². The van der Waals surface area contributed by atoms with Crippen LogP contribution >= 0.6 is 0 Å². The number of anilines is 1. The highest BCUT2D eigenvalue weighted by Crippen LogP contribution is 2.25. The van der Waals surface area contributed by atoms with E-state index in [0.29, 0.717) is 0 Å². The molecule has 1 amide bonds. The van der Waals surface area contributed by atoms with Gasteiger partial charge in [-0.1, -0.05) is 42.0 Å². The fourth-order valence-electron chi connectivity index (χ4n) is 4.06. The first-order valence-electron chi connectivity index (χ1n) is 11.1. The van der Waals surface area contributed by atoms with E-state index in [4.69, 9.17) is 9.72 Å². The number of hydrogen-bond donors (Lipinski definition) is 1. The molecule has 4 rings (SSSR count). The van der Waals surface area contributed by atoms with Crippen LogP contribution in [0.5, 0.6) is 5.75 Å². The van der Waals surface area contributed by atoms with E-state index in [0.717, 1.165) is 54.4 Å². The summed E-state index contributed by atoms with van der Waals surface area (Å²) in [6.07, 6.45) is 3.42. The van der Waals surface area contributed by atoms with Gasteiger partial charge in [0.05, 0.1) is 13.2 Å². The number of methoxy groups -OCH3 is 1. The Morgan fingerprint density at radius 1 is 1.12 bits per heavy atom. The standard InChI is InChI=1S/C26H30N4O2/c1-18-7-9-20(10-8-18)25-27-14-11-24(29-25)30-15-12-21(13-16-30)26(31)28-19(2)22-5-4-6-23(17-22)32-3/h4-11,14,17,19,21H,12-13,15-16H2,1-3H3,(H,28,31)/t19-/m0/s1. The van der Waals surface area contributed by atoms with Crippen LogP contribution in [0.4, 0.5) is 5.82 Å². The lowest BCUT2D eigenvalue weighted by Crippen LogP contribution is -2.41. The Morgan fingerprint density at radius 3 is 2.59 bits per heavy atom. The Hall–Kier alpha value is -3.41. The molecule has 0 radical (unpaired) electrons. The number of nitrogens with one attached hydrogen (secondary N) is 1. The molecule has 0 saturated carbocycles. The van der Waals surface area contributed by atoms with Crippen molar-refractivity contribution < 1.29 is 9.53 Å². The molecule has 1 saturated heterocycles. The van der Waals surface area contributed by atoms with Crippen LogP contribution in [-0.2, 0) is 4.79 Å². The van der Waals surface area contributed by atoms with Gasteiger partial charge >= 0.3 is 0 Å². The zero-order valence-corrected chi connectivity index (χ0v) is 18.9. The van der Waals surface area contributed by atoms with Gasteiger partial charge in [-0.3, -0.25) is 4.79 Å². The van der Waals surface area contributed by atoms with Crippen molar-refractivity contribution in [2.75, 3.05) is 25.1 Å². The van der Waals surface area contributed by atoms with E-state index in [1.54, 1.807) is 7.11 Å². The number of amides is 1. The van der Waals surface area contributed by atoms with Crippen LogP contribution in [0.15, 0.2) is 60.8 Å². The molecule has 0 spiro atoms. The third kappa shape index (κ3) is 5.07. The van der Waals surface area contributed by atoms with Crippen molar-refractivity contribution in [3.05, 3.63) is 71.9 Å². The Balaban J connectivity index is 1.35. The van der Waals surface area contributed by atoms with Crippen molar-refractivity contribution in [2.45, 2.75) is 32.7 Å². The van der Waals surface area contributed by atoms with E-state index in [2.05, 4.69) is 46.4 Å². The molecule has 1 aliphatic rings. The number of benzene rings is 2. The minimum Gasteiger partial charge on any atom is -0.497 e. The molecule has 166 valence electrons. The topological polar surface area (TPSA) is 67.3 Å². The van der Waals surface area contributed by atoms with E-state index in [1.807, 2.05) is 43.5 Å². The Labute approximate surface area is 189 Å². The summed E-state index contributed by atoms with van der Waals surface area (Å²) in [6.45, 7) is 5.68. The van der Waals surface area contributed by atoms with Gasteiger partial charge in [0, 0.05) is 30.8 Å². The van der Waals surface area contributed by atoms with Crippen LogP contribution in [0, 0.1) is 12.8 Å². The number of aryl methyl sites for hydroxylation is 1. The number of ether oxygens (including phenoxy) is 1. The zero-order valence-electron chi connectivity index (χ0n) is 18.9. The summed E-state index contributed by atoms with van der Waals surface area (Å²) in [5.41, 5.74) is 3.27. The lowest BCUT2D eigenvalue weighted by atomic mass is 9.95. The average molecular weight is 431 g/mol. The van der Waals surface area contributed by atoms with Crippen LogP contribution in [0.3, 0.4) is 0 Å². The molecule has 1 atom stereocenters. The van der Waals surface area contributed by atoms with Gasteiger partial charge in [0.15, 0.2) is 5.82 Å². The molecule has 1 aromatic heterocycles. The quantitative estimate of drug-likeness (QED) is 0.621. The van der Waals surface area contributed by atoms with Gasteiger partial charge in [-0.2, -0.15) is 0 Å².